The Kier molecular flexibility index (Phi) is 6.18. The van der Waals surface area contributed by atoms with Crippen molar-refractivity contribution in [3.63, 3.8) is 0 Å². The van der Waals surface area contributed by atoms with Crippen LogP contribution in [0.4, 0.5) is 5.82 Å². The van der Waals surface area contributed by atoms with Crippen molar-refractivity contribution in [3.05, 3.63) is 35.6 Å². The Labute approximate surface area is 163 Å². The van der Waals surface area contributed by atoms with Crippen molar-refractivity contribution in [1.29, 1.82) is 0 Å². The number of aromatic nitrogens is 1. The van der Waals surface area contributed by atoms with E-state index in [1.807, 2.05) is 18.2 Å². The fourth-order valence-corrected chi connectivity index (χ4v) is 3.20. The zero-order valence-electron chi connectivity index (χ0n) is 16.3. The molecule has 1 aliphatic carbocycles. The first-order valence-electron chi connectivity index (χ1n) is 9.22. The number of methoxy groups -OCH3 is 2. The van der Waals surface area contributed by atoms with Crippen molar-refractivity contribution in [2.45, 2.75) is 32.1 Å². The molecule has 1 aromatic heterocycles. The van der Waals surface area contributed by atoms with Gasteiger partial charge in [-0.05, 0) is 49.3 Å². The summed E-state index contributed by atoms with van der Waals surface area (Å²) >= 11 is 0. The molecule has 28 heavy (non-hydrogen) atoms. The number of anilines is 1. The van der Waals surface area contributed by atoms with Gasteiger partial charge in [0.25, 0.3) is 0 Å². The maximum atomic E-state index is 12.4. The Hall–Kier alpha value is -3.03. The minimum Gasteiger partial charge on any atom is -0.493 e. The molecule has 0 spiro atoms. The molecule has 1 saturated carbocycles. The molecule has 1 aromatic carbocycles. The smallest absolute Gasteiger partial charge is 0.245 e. The number of nitrogens with one attached hydrogen (secondary N) is 2. The normalized spacial score (nSPS) is 14.2. The lowest BCUT2D eigenvalue weighted by atomic mass is 9.90. The first kappa shape index (κ1) is 19.7. The van der Waals surface area contributed by atoms with Crippen molar-refractivity contribution < 1.29 is 23.6 Å². The van der Waals surface area contributed by atoms with E-state index in [9.17, 15) is 9.59 Å². The van der Waals surface area contributed by atoms with Crippen LogP contribution in [-0.2, 0) is 9.59 Å². The summed E-state index contributed by atoms with van der Waals surface area (Å²) in [6.07, 6.45) is 2.51. The number of hydrogen-bond acceptors (Lipinski definition) is 6. The predicted molar refractivity (Wildman–Crippen MR) is 103 cm³/mol. The molecule has 0 radical (unpaired) electrons. The van der Waals surface area contributed by atoms with E-state index in [-0.39, 0.29) is 24.3 Å². The number of benzene rings is 1. The summed E-state index contributed by atoms with van der Waals surface area (Å²) in [5.74, 6) is 2.27. The number of rotatable bonds is 9. The van der Waals surface area contributed by atoms with Crippen LogP contribution >= 0.6 is 0 Å². The van der Waals surface area contributed by atoms with Crippen LogP contribution in [0.3, 0.4) is 0 Å². The van der Waals surface area contributed by atoms with Gasteiger partial charge in [-0.3, -0.25) is 9.59 Å². The van der Waals surface area contributed by atoms with E-state index >= 15 is 0 Å². The average molecular weight is 387 g/mol. The molecule has 0 saturated heterocycles. The van der Waals surface area contributed by atoms with E-state index in [4.69, 9.17) is 14.0 Å². The van der Waals surface area contributed by atoms with Crippen LogP contribution < -0.4 is 20.1 Å². The summed E-state index contributed by atoms with van der Waals surface area (Å²) in [6, 6.07) is 7.36. The maximum Gasteiger partial charge on any atom is 0.245 e. The lowest BCUT2D eigenvalue weighted by Crippen LogP contribution is -2.33. The van der Waals surface area contributed by atoms with Crippen LogP contribution in [0.5, 0.6) is 11.5 Å². The summed E-state index contributed by atoms with van der Waals surface area (Å²) in [5.41, 5.74) is 1.04. The molecule has 2 N–H and O–H groups in total. The molecule has 3 rings (SSSR count). The third kappa shape index (κ3) is 5.03. The highest BCUT2D eigenvalue weighted by molar-refractivity contribution is 5.93. The second-order valence-corrected chi connectivity index (χ2v) is 6.91. The van der Waals surface area contributed by atoms with Gasteiger partial charge in [0.2, 0.25) is 11.8 Å². The largest absolute Gasteiger partial charge is 0.493 e. The van der Waals surface area contributed by atoms with Crippen LogP contribution in [-0.4, -0.2) is 37.7 Å². The number of hydrogen-bond donors (Lipinski definition) is 2. The topological polar surface area (TPSA) is 103 Å². The summed E-state index contributed by atoms with van der Waals surface area (Å²) in [6.45, 7) is 1.62. The second kappa shape index (κ2) is 8.77. The van der Waals surface area contributed by atoms with E-state index in [2.05, 4.69) is 15.8 Å². The lowest BCUT2D eigenvalue weighted by Gasteiger charge is -2.18. The predicted octanol–water partition coefficient (Wildman–Crippen LogP) is 2.64. The first-order valence-corrected chi connectivity index (χ1v) is 9.22. The van der Waals surface area contributed by atoms with Crippen LogP contribution in [0, 0.1) is 12.8 Å². The summed E-state index contributed by atoms with van der Waals surface area (Å²) in [4.78, 5) is 24.4. The third-order valence-corrected chi connectivity index (χ3v) is 4.77. The zero-order valence-corrected chi connectivity index (χ0v) is 16.3. The molecule has 2 amide bonds. The Morgan fingerprint density at radius 3 is 2.54 bits per heavy atom. The minimum absolute atomic E-state index is 0.0843. The summed E-state index contributed by atoms with van der Waals surface area (Å²) in [7, 11) is 3.18. The number of carbonyl (C=O) groups is 2. The average Bonchev–Trinajstić information content (AvgIpc) is 3.46. The van der Waals surface area contributed by atoms with Gasteiger partial charge in [0, 0.05) is 12.5 Å². The van der Waals surface area contributed by atoms with E-state index in [1.165, 1.54) is 0 Å². The molecule has 0 bridgehead atoms. The number of amides is 2. The quantitative estimate of drug-likeness (QED) is 0.686. The monoisotopic (exact) mass is 387 g/mol. The van der Waals surface area contributed by atoms with Gasteiger partial charge in [0.05, 0.1) is 20.8 Å². The van der Waals surface area contributed by atoms with Crippen molar-refractivity contribution >= 4 is 17.6 Å². The van der Waals surface area contributed by atoms with E-state index in [0.29, 0.717) is 35.4 Å². The molecule has 1 fully saturated rings. The molecule has 8 nitrogen and oxygen atoms in total. The Balaban J connectivity index is 1.57. The SMILES string of the molecule is COc1ccc(C(CC(=O)NCC(=O)Nc2cc(C)on2)C2CC2)cc1OC. The lowest BCUT2D eigenvalue weighted by molar-refractivity contribution is -0.124. The van der Waals surface area contributed by atoms with Crippen LogP contribution in [0.1, 0.15) is 36.5 Å². The number of aryl methyl sites for hydroxylation is 1. The first-order chi connectivity index (χ1) is 13.5. The van der Waals surface area contributed by atoms with Gasteiger partial charge in [0.15, 0.2) is 17.3 Å². The van der Waals surface area contributed by atoms with Gasteiger partial charge in [-0.15, -0.1) is 0 Å². The van der Waals surface area contributed by atoms with Gasteiger partial charge < -0.3 is 24.6 Å². The van der Waals surface area contributed by atoms with Crippen molar-refractivity contribution in [2.24, 2.45) is 5.92 Å². The van der Waals surface area contributed by atoms with E-state index < -0.39 is 0 Å². The molecule has 0 aliphatic heterocycles. The maximum absolute atomic E-state index is 12.4. The van der Waals surface area contributed by atoms with Crippen molar-refractivity contribution in [1.82, 2.24) is 10.5 Å². The van der Waals surface area contributed by atoms with Gasteiger partial charge in [-0.25, -0.2) is 0 Å². The Morgan fingerprint density at radius 1 is 1.18 bits per heavy atom. The standard InChI is InChI=1S/C20H25N3O5/c1-12-8-18(23-28-12)22-20(25)11-21-19(24)10-15(13-4-5-13)14-6-7-16(26-2)17(9-14)27-3/h6-9,13,15H,4-5,10-11H2,1-3H3,(H,21,24)(H,22,23,25). The molecule has 1 atom stereocenters. The molecule has 2 aromatic rings. The van der Waals surface area contributed by atoms with Gasteiger partial charge >= 0.3 is 0 Å². The summed E-state index contributed by atoms with van der Waals surface area (Å²) < 4.78 is 15.6. The highest BCUT2D eigenvalue weighted by Crippen LogP contribution is 2.46. The number of carbonyl (C=O) groups excluding carboxylic acids is 2. The number of ether oxygens (including phenoxy) is 2. The molecular weight excluding hydrogens is 362 g/mol. The van der Waals surface area contributed by atoms with Crippen molar-refractivity contribution in [3.8, 4) is 11.5 Å². The van der Waals surface area contributed by atoms with E-state index in [1.54, 1.807) is 27.2 Å². The van der Waals surface area contributed by atoms with Crippen LogP contribution in [0.25, 0.3) is 0 Å². The van der Waals surface area contributed by atoms with Gasteiger partial charge in [-0.2, -0.15) is 0 Å². The zero-order chi connectivity index (χ0) is 20.1. The number of nitrogens with zero attached hydrogens (tertiary/aromatic N) is 1. The van der Waals surface area contributed by atoms with Crippen LogP contribution in [0.2, 0.25) is 0 Å². The fraction of sp³-hybridized carbons (Fsp3) is 0.450. The molecular formula is C20H25N3O5. The molecule has 1 aliphatic rings. The van der Waals surface area contributed by atoms with E-state index in [0.717, 1.165) is 18.4 Å². The molecule has 1 heterocycles. The third-order valence-electron chi connectivity index (χ3n) is 4.77. The fourth-order valence-electron chi connectivity index (χ4n) is 3.20. The summed E-state index contributed by atoms with van der Waals surface area (Å²) in [5, 5.41) is 8.95. The molecule has 8 heteroatoms. The Morgan fingerprint density at radius 2 is 1.93 bits per heavy atom. The highest BCUT2D eigenvalue weighted by atomic mass is 16.5. The second-order valence-electron chi connectivity index (χ2n) is 6.91. The van der Waals surface area contributed by atoms with Gasteiger partial charge in [0.1, 0.15) is 5.76 Å². The minimum atomic E-state index is -0.351. The van der Waals surface area contributed by atoms with Gasteiger partial charge in [-0.1, -0.05) is 11.2 Å². The molecule has 1 unspecified atom stereocenters. The highest BCUT2D eigenvalue weighted by Gasteiger charge is 2.34. The Bertz CT molecular complexity index is 844. The van der Waals surface area contributed by atoms with Crippen molar-refractivity contribution in [2.75, 3.05) is 26.1 Å². The van der Waals surface area contributed by atoms with Crippen LogP contribution in [0.15, 0.2) is 28.8 Å². The molecule has 150 valence electrons.